The summed E-state index contributed by atoms with van der Waals surface area (Å²) in [5.41, 5.74) is 0. The van der Waals surface area contributed by atoms with Crippen LogP contribution in [-0.2, 0) is 22.5 Å². The molecule has 1 atom stereocenters. The van der Waals surface area contributed by atoms with Crippen molar-refractivity contribution in [3.8, 4) is 0 Å². The van der Waals surface area contributed by atoms with Gasteiger partial charge in [0.1, 0.15) is 6.10 Å². The molecule has 0 bridgehead atoms. The van der Waals surface area contributed by atoms with Crippen molar-refractivity contribution in [3.05, 3.63) is 21.9 Å². The summed E-state index contributed by atoms with van der Waals surface area (Å²) < 4.78 is 5.46. The number of ether oxygens (including phenoxy) is 1. The first-order chi connectivity index (χ1) is 11.7. The van der Waals surface area contributed by atoms with Crippen LogP contribution in [0.2, 0.25) is 0 Å². The zero-order valence-corrected chi connectivity index (χ0v) is 14.9. The monoisotopic (exact) mass is 351 g/mol. The van der Waals surface area contributed by atoms with Gasteiger partial charge >= 0.3 is 6.03 Å². The average Bonchev–Trinajstić information content (AvgIpc) is 3.30. The van der Waals surface area contributed by atoms with E-state index in [0.717, 1.165) is 19.3 Å². The van der Waals surface area contributed by atoms with E-state index in [2.05, 4.69) is 24.4 Å². The Labute approximate surface area is 146 Å². The highest BCUT2D eigenvalue weighted by Gasteiger charge is 2.31. The number of urea groups is 1. The Morgan fingerprint density at radius 3 is 2.54 bits per heavy atom. The predicted molar refractivity (Wildman–Crippen MR) is 93.1 cm³/mol. The van der Waals surface area contributed by atoms with Crippen molar-refractivity contribution in [2.45, 2.75) is 38.8 Å². The molecule has 0 aliphatic carbocycles. The van der Waals surface area contributed by atoms with Gasteiger partial charge in [-0.05, 0) is 31.4 Å². The Bertz CT molecular complexity index is 575. The second-order valence-electron chi connectivity index (χ2n) is 6.19. The second-order valence-corrected chi connectivity index (χ2v) is 7.45. The lowest BCUT2D eigenvalue weighted by atomic mass is 10.2. The summed E-state index contributed by atoms with van der Waals surface area (Å²) in [7, 11) is 0. The number of thiophene rings is 1. The van der Waals surface area contributed by atoms with Crippen LogP contribution in [0, 0.1) is 0 Å². The highest BCUT2D eigenvalue weighted by molar-refractivity contribution is 7.11. The summed E-state index contributed by atoms with van der Waals surface area (Å²) in [6, 6.07) is 4.13. The number of carbonyl (C=O) groups excluding carboxylic acids is 2. The molecule has 3 rings (SSSR count). The van der Waals surface area contributed by atoms with Crippen molar-refractivity contribution in [2.75, 3.05) is 32.8 Å². The van der Waals surface area contributed by atoms with Gasteiger partial charge in [-0.25, -0.2) is 4.79 Å². The summed E-state index contributed by atoms with van der Waals surface area (Å²) >= 11 is 1.74. The third-order valence-corrected chi connectivity index (χ3v) is 5.79. The average molecular weight is 351 g/mol. The molecule has 2 aliphatic rings. The molecule has 7 heteroatoms. The topological polar surface area (TPSA) is 61.9 Å². The summed E-state index contributed by atoms with van der Waals surface area (Å²) in [6.45, 7) is 5.71. The molecule has 1 aromatic rings. The smallest absolute Gasteiger partial charge is 0.317 e. The largest absolute Gasteiger partial charge is 0.368 e. The molecule has 0 radical (unpaired) electrons. The molecule has 2 fully saturated rings. The van der Waals surface area contributed by atoms with Crippen molar-refractivity contribution in [3.63, 3.8) is 0 Å². The number of hydrogen-bond donors (Lipinski definition) is 1. The number of aryl methyl sites for hydroxylation is 1. The normalized spacial score (nSPS) is 21.1. The maximum Gasteiger partial charge on any atom is 0.317 e. The molecule has 6 nitrogen and oxygen atoms in total. The molecule has 24 heavy (non-hydrogen) atoms. The molecule has 0 aromatic carbocycles. The van der Waals surface area contributed by atoms with Crippen LogP contribution >= 0.6 is 11.3 Å². The van der Waals surface area contributed by atoms with E-state index in [1.807, 2.05) is 4.90 Å². The quantitative estimate of drug-likeness (QED) is 0.900. The standard InChI is InChI=1S/C17H25N3O3S/c1-2-13-5-6-14(24-13)12-18-17(22)20-9-7-19(8-10-20)16(21)15-4-3-11-23-15/h5-6,15H,2-4,7-12H2,1H3,(H,18,22)/t15-/m0/s1. The van der Waals surface area contributed by atoms with Crippen molar-refractivity contribution in [1.82, 2.24) is 15.1 Å². The SMILES string of the molecule is CCc1ccc(CNC(=O)N2CCN(C(=O)[C@@H]3CCCO3)CC2)s1. The van der Waals surface area contributed by atoms with E-state index in [9.17, 15) is 9.59 Å². The summed E-state index contributed by atoms with van der Waals surface area (Å²) in [5, 5.41) is 2.97. The van der Waals surface area contributed by atoms with Crippen LogP contribution < -0.4 is 5.32 Å². The molecule has 3 amide bonds. The van der Waals surface area contributed by atoms with Crippen LogP contribution in [-0.4, -0.2) is 60.6 Å². The van der Waals surface area contributed by atoms with Crippen LogP contribution in [0.1, 0.15) is 29.5 Å². The number of amides is 3. The van der Waals surface area contributed by atoms with E-state index in [-0.39, 0.29) is 18.0 Å². The fourth-order valence-corrected chi connectivity index (χ4v) is 3.99. The van der Waals surface area contributed by atoms with E-state index < -0.39 is 0 Å². The number of carbonyl (C=O) groups is 2. The Hall–Kier alpha value is -1.60. The van der Waals surface area contributed by atoms with Gasteiger partial charge in [-0.1, -0.05) is 6.92 Å². The minimum absolute atomic E-state index is 0.0503. The highest BCUT2D eigenvalue weighted by Crippen LogP contribution is 2.17. The molecule has 2 saturated heterocycles. The molecule has 0 spiro atoms. The Morgan fingerprint density at radius 2 is 1.92 bits per heavy atom. The number of piperazine rings is 1. The van der Waals surface area contributed by atoms with Gasteiger partial charge in [0.15, 0.2) is 0 Å². The van der Waals surface area contributed by atoms with Crippen molar-refractivity contribution < 1.29 is 14.3 Å². The molecular formula is C17H25N3O3S. The van der Waals surface area contributed by atoms with E-state index in [1.165, 1.54) is 9.75 Å². The fourth-order valence-electron chi connectivity index (χ4n) is 3.09. The Morgan fingerprint density at radius 1 is 1.21 bits per heavy atom. The summed E-state index contributed by atoms with van der Waals surface area (Å²) in [5.74, 6) is 0.0817. The van der Waals surface area contributed by atoms with E-state index in [1.54, 1.807) is 16.2 Å². The molecule has 132 valence electrons. The lowest BCUT2D eigenvalue weighted by Crippen LogP contribution is -2.54. The van der Waals surface area contributed by atoms with Crippen LogP contribution in [0.3, 0.4) is 0 Å². The molecule has 3 heterocycles. The summed E-state index contributed by atoms with van der Waals surface area (Å²) in [6.07, 6.45) is 2.54. The number of hydrogen-bond acceptors (Lipinski definition) is 4. The van der Waals surface area contributed by atoms with Crippen molar-refractivity contribution in [1.29, 1.82) is 0 Å². The highest BCUT2D eigenvalue weighted by atomic mass is 32.1. The first-order valence-electron chi connectivity index (χ1n) is 8.68. The van der Waals surface area contributed by atoms with E-state index >= 15 is 0 Å². The van der Waals surface area contributed by atoms with Gasteiger partial charge in [0, 0.05) is 42.5 Å². The minimum atomic E-state index is -0.267. The van der Waals surface area contributed by atoms with Crippen molar-refractivity contribution >= 4 is 23.3 Å². The lowest BCUT2D eigenvalue weighted by molar-refractivity contribution is -0.142. The third-order valence-electron chi connectivity index (χ3n) is 4.56. The van der Waals surface area contributed by atoms with E-state index in [4.69, 9.17) is 4.74 Å². The van der Waals surface area contributed by atoms with Crippen molar-refractivity contribution in [2.24, 2.45) is 0 Å². The van der Waals surface area contributed by atoms with Gasteiger partial charge < -0.3 is 19.9 Å². The first-order valence-corrected chi connectivity index (χ1v) is 9.49. The van der Waals surface area contributed by atoms with Gasteiger partial charge in [0.2, 0.25) is 0 Å². The van der Waals surface area contributed by atoms with Crippen LogP contribution in [0.25, 0.3) is 0 Å². The Kier molecular flexibility index (Phi) is 5.73. The Balaban J connectivity index is 1.42. The zero-order chi connectivity index (χ0) is 16.9. The van der Waals surface area contributed by atoms with Gasteiger partial charge in [-0.3, -0.25) is 4.79 Å². The first kappa shape index (κ1) is 17.2. The number of nitrogens with zero attached hydrogens (tertiary/aromatic N) is 2. The molecule has 1 aromatic heterocycles. The zero-order valence-electron chi connectivity index (χ0n) is 14.1. The second kappa shape index (κ2) is 7.98. The molecular weight excluding hydrogens is 326 g/mol. The maximum atomic E-state index is 12.3. The number of rotatable bonds is 4. The fraction of sp³-hybridized carbons (Fsp3) is 0.647. The molecule has 0 saturated carbocycles. The predicted octanol–water partition coefficient (Wildman–Crippen LogP) is 1.84. The third kappa shape index (κ3) is 4.08. The van der Waals surface area contributed by atoms with Gasteiger partial charge in [0.05, 0.1) is 6.54 Å². The summed E-state index contributed by atoms with van der Waals surface area (Å²) in [4.78, 5) is 30.7. The van der Waals surface area contributed by atoms with Crippen LogP contribution in [0.5, 0.6) is 0 Å². The number of nitrogens with one attached hydrogen (secondary N) is 1. The molecule has 0 unspecified atom stereocenters. The van der Waals surface area contributed by atoms with E-state index in [0.29, 0.717) is 39.3 Å². The van der Waals surface area contributed by atoms with Gasteiger partial charge in [-0.15, -0.1) is 11.3 Å². The molecule has 1 N–H and O–H groups in total. The lowest BCUT2D eigenvalue weighted by Gasteiger charge is -2.35. The van der Waals surface area contributed by atoms with Crippen LogP contribution in [0.4, 0.5) is 4.79 Å². The molecule has 2 aliphatic heterocycles. The van der Waals surface area contributed by atoms with Crippen LogP contribution in [0.15, 0.2) is 12.1 Å². The van der Waals surface area contributed by atoms with Gasteiger partial charge in [-0.2, -0.15) is 0 Å². The minimum Gasteiger partial charge on any atom is -0.368 e. The van der Waals surface area contributed by atoms with Gasteiger partial charge in [0.25, 0.3) is 5.91 Å². The maximum absolute atomic E-state index is 12.3.